The Morgan fingerprint density at radius 1 is 1.17 bits per heavy atom. The molecule has 1 amide bonds. The van der Waals surface area contributed by atoms with Gasteiger partial charge in [0.05, 0.1) is 12.9 Å². The van der Waals surface area contributed by atoms with Gasteiger partial charge in [0.15, 0.2) is 0 Å². The number of carbonyl (C=O) groups is 1. The second kappa shape index (κ2) is 10.5. The van der Waals surface area contributed by atoms with E-state index in [2.05, 4.69) is 37.9 Å². The van der Waals surface area contributed by atoms with Crippen molar-refractivity contribution >= 4 is 23.4 Å². The first-order valence-electron chi connectivity index (χ1n) is 9.26. The molecule has 3 aromatic rings. The predicted molar refractivity (Wildman–Crippen MR) is 114 cm³/mol. The van der Waals surface area contributed by atoms with Crippen LogP contribution in [0.5, 0.6) is 5.75 Å². The average Bonchev–Trinajstić information content (AvgIpc) is 3.24. The number of tetrazole rings is 1. The second-order valence-corrected chi connectivity index (χ2v) is 7.24. The summed E-state index contributed by atoms with van der Waals surface area (Å²) in [6.07, 6.45) is 0.862. The molecule has 152 valence electrons. The minimum Gasteiger partial charge on any atom is -0.494 e. The number of ether oxygens (including phenoxy) is 1. The fourth-order valence-electron chi connectivity index (χ4n) is 2.76. The van der Waals surface area contributed by atoms with Crippen molar-refractivity contribution in [2.24, 2.45) is 0 Å². The zero-order valence-electron chi connectivity index (χ0n) is 16.5. The fourth-order valence-corrected chi connectivity index (χ4v) is 3.48. The number of methoxy groups -OCH3 is 1. The van der Waals surface area contributed by atoms with Crippen molar-refractivity contribution in [2.75, 3.05) is 37.9 Å². The maximum Gasteiger partial charge on any atom is 0.230 e. The minimum absolute atomic E-state index is 0.0491. The molecular formula is C20H24N6O2S. The molecule has 0 radical (unpaired) electrons. The molecule has 1 N–H and O–H groups in total. The first-order valence-corrected chi connectivity index (χ1v) is 10.2. The summed E-state index contributed by atoms with van der Waals surface area (Å²) >= 11 is 1.29. The Balaban J connectivity index is 1.44. The lowest BCUT2D eigenvalue weighted by atomic mass is 10.3. The lowest BCUT2D eigenvalue weighted by Gasteiger charge is -2.19. The minimum atomic E-state index is -0.0491. The van der Waals surface area contributed by atoms with Gasteiger partial charge in [-0.2, -0.15) is 4.68 Å². The van der Waals surface area contributed by atoms with Crippen molar-refractivity contribution in [3.05, 3.63) is 54.6 Å². The smallest absolute Gasteiger partial charge is 0.230 e. The lowest BCUT2D eigenvalue weighted by molar-refractivity contribution is -0.118. The van der Waals surface area contributed by atoms with Crippen molar-refractivity contribution in [3.8, 4) is 11.4 Å². The number of hydrogen-bond donors (Lipinski definition) is 1. The SMILES string of the molecule is COc1ccccc1-n1nnnc1SCC(=O)NCCCN(C)c1ccccc1. The Morgan fingerprint density at radius 3 is 2.72 bits per heavy atom. The highest BCUT2D eigenvalue weighted by Gasteiger charge is 2.14. The number of aromatic nitrogens is 4. The highest BCUT2D eigenvalue weighted by Crippen LogP contribution is 2.25. The quantitative estimate of drug-likeness (QED) is 0.404. The number of hydrogen-bond acceptors (Lipinski definition) is 7. The van der Waals surface area contributed by atoms with Crippen molar-refractivity contribution in [2.45, 2.75) is 11.6 Å². The van der Waals surface area contributed by atoms with Crippen LogP contribution in [0.1, 0.15) is 6.42 Å². The number of benzene rings is 2. The van der Waals surface area contributed by atoms with Crippen LogP contribution in [0.4, 0.5) is 5.69 Å². The summed E-state index contributed by atoms with van der Waals surface area (Å²) in [6, 6.07) is 17.6. The molecule has 2 aromatic carbocycles. The standard InChI is InChI=1S/C20H24N6O2S/c1-25(16-9-4-3-5-10-16)14-8-13-21-19(27)15-29-20-22-23-24-26(20)17-11-6-7-12-18(17)28-2/h3-7,9-12H,8,13-15H2,1-2H3,(H,21,27). The van der Waals surface area contributed by atoms with Crippen LogP contribution >= 0.6 is 11.8 Å². The molecule has 8 nitrogen and oxygen atoms in total. The molecule has 3 rings (SSSR count). The summed E-state index contributed by atoms with van der Waals surface area (Å²) in [7, 11) is 3.64. The van der Waals surface area contributed by atoms with Crippen LogP contribution in [-0.2, 0) is 4.79 Å². The van der Waals surface area contributed by atoms with Crippen LogP contribution in [0.15, 0.2) is 59.8 Å². The Labute approximate surface area is 174 Å². The van der Waals surface area contributed by atoms with Crippen molar-refractivity contribution < 1.29 is 9.53 Å². The Kier molecular flexibility index (Phi) is 7.46. The predicted octanol–water partition coefficient (Wildman–Crippen LogP) is 2.41. The Morgan fingerprint density at radius 2 is 1.93 bits per heavy atom. The first kappa shape index (κ1) is 20.7. The van der Waals surface area contributed by atoms with E-state index in [1.165, 1.54) is 11.8 Å². The van der Waals surface area contributed by atoms with Gasteiger partial charge in [0.25, 0.3) is 0 Å². The first-order chi connectivity index (χ1) is 14.2. The van der Waals surface area contributed by atoms with Crippen LogP contribution < -0.4 is 15.0 Å². The van der Waals surface area contributed by atoms with Crippen LogP contribution in [0.3, 0.4) is 0 Å². The van der Waals surface area contributed by atoms with Crippen LogP contribution in [0, 0.1) is 0 Å². The average molecular weight is 413 g/mol. The van der Waals surface area contributed by atoms with Gasteiger partial charge >= 0.3 is 0 Å². The third-order valence-corrected chi connectivity index (χ3v) is 5.20. The largest absolute Gasteiger partial charge is 0.494 e. The molecule has 0 saturated carbocycles. The molecule has 0 fully saturated rings. The van der Waals surface area contributed by atoms with Crippen LogP contribution in [0.25, 0.3) is 5.69 Å². The van der Waals surface area contributed by atoms with E-state index < -0.39 is 0 Å². The fraction of sp³-hybridized carbons (Fsp3) is 0.300. The monoisotopic (exact) mass is 412 g/mol. The Hall–Kier alpha value is -3.07. The molecule has 0 saturated heterocycles. The molecular weight excluding hydrogens is 388 g/mol. The number of para-hydroxylation sites is 3. The molecule has 0 spiro atoms. The van der Waals surface area contributed by atoms with E-state index in [1.807, 2.05) is 49.5 Å². The number of nitrogens with one attached hydrogen (secondary N) is 1. The third-order valence-electron chi connectivity index (χ3n) is 4.28. The third kappa shape index (κ3) is 5.71. The highest BCUT2D eigenvalue weighted by molar-refractivity contribution is 7.99. The van der Waals surface area contributed by atoms with E-state index in [-0.39, 0.29) is 11.7 Å². The molecule has 0 aliphatic heterocycles. The number of nitrogens with zero attached hydrogens (tertiary/aromatic N) is 5. The molecule has 29 heavy (non-hydrogen) atoms. The zero-order valence-corrected chi connectivity index (χ0v) is 17.3. The van der Waals surface area contributed by atoms with Crippen molar-refractivity contribution in [1.29, 1.82) is 0 Å². The molecule has 0 atom stereocenters. The lowest BCUT2D eigenvalue weighted by Crippen LogP contribution is -2.29. The number of rotatable bonds is 10. The van der Waals surface area contributed by atoms with E-state index in [4.69, 9.17) is 4.74 Å². The molecule has 0 bridgehead atoms. The van der Waals surface area contributed by atoms with Gasteiger partial charge in [0.2, 0.25) is 11.1 Å². The summed E-state index contributed by atoms with van der Waals surface area (Å²) in [6.45, 7) is 1.48. The molecule has 0 aliphatic carbocycles. The van der Waals surface area contributed by atoms with Gasteiger partial charge in [-0.15, -0.1) is 5.10 Å². The van der Waals surface area contributed by atoms with Crippen molar-refractivity contribution in [1.82, 2.24) is 25.5 Å². The molecule has 0 unspecified atom stereocenters. The summed E-state index contributed by atoms with van der Waals surface area (Å²) < 4.78 is 6.93. The van der Waals surface area contributed by atoms with Gasteiger partial charge in [-0.3, -0.25) is 4.79 Å². The van der Waals surface area contributed by atoms with Gasteiger partial charge in [-0.25, -0.2) is 0 Å². The molecule has 1 aromatic heterocycles. The van der Waals surface area contributed by atoms with E-state index >= 15 is 0 Å². The Bertz CT molecular complexity index is 918. The summed E-state index contributed by atoms with van der Waals surface area (Å²) in [5.74, 6) is 0.852. The summed E-state index contributed by atoms with van der Waals surface area (Å²) in [5.41, 5.74) is 1.89. The summed E-state index contributed by atoms with van der Waals surface area (Å²) in [4.78, 5) is 14.3. The number of anilines is 1. The number of carbonyl (C=O) groups excluding carboxylic acids is 1. The molecule has 9 heteroatoms. The number of amides is 1. The molecule has 1 heterocycles. The normalized spacial score (nSPS) is 10.6. The zero-order chi connectivity index (χ0) is 20.5. The second-order valence-electron chi connectivity index (χ2n) is 6.29. The van der Waals surface area contributed by atoms with Gasteiger partial charge < -0.3 is 15.0 Å². The highest BCUT2D eigenvalue weighted by atomic mass is 32.2. The van der Waals surface area contributed by atoms with Crippen molar-refractivity contribution in [3.63, 3.8) is 0 Å². The van der Waals surface area contributed by atoms with Crippen LogP contribution in [0.2, 0.25) is 0 Å². The maximum absolute atomic E-state index is 12.2. The van der Waals surface area contributed by atoms with E-state index in [0.717, 1.165) is 24.3 Å². The van der Waals surface area contributed by atoms with Gasteiger partial charge in [0, 0.05) is 25.8 Å². The van der Waals surface area contributed by atoms with E-state index in [1.54, 1.807) is 11.8 Å². The number of thioether (sulfide) groups is 1. The van der Waals surface area contributed by atoms with Crippen LogP contribution in [-0.4, -0.2) is 59.1 Å². The van der Waals surface area contributed by atoms with Gasteiger partial charge in [-0.05, 0) is 41.1 Å². The van der Waals surface area contributed by atoms with E-state index in [0.29, 0.717) is 17.5 Å². The molecule has 0 aliphatic rings. The van der Waals surface area contributed by atoms with Gasteiger partial charge in [-0.1, -0.05) is 42.1 Å². The van der Waals surface area contributed by atoms with E-state index in [9.17, 15) is 4.79 Å². The van der Waals surface area contributed by atoms with Gasteiger partial charge in [0.1, 0.15) is 11.4 Å². The summed E-state index contributed by atoms with van der Waals surface area (Å²) in [5, 5.41) is 15.2. The topological polar surface area (TPSA) is 85.2 Å². The maximum atomic E-state index is 12.2.